The van der Waals surface area contributed by atoms with E-state index >= 15 is 0 Å². The molecule has 2 aromatic carbocycles. The average Bonchev–Trinajstić information content (AvgIpc) is 3.00. The van der Waals surface area contributed by atoms with Crippen LogP contribution in [0.5, 0.6) is 0 Å². The Bertz CT molecular complexity index is 749. The summed E-state index contributed by atoms with van der Waals surface area (Å²) in [5.41, 5.74) is 9.44. The lowest BCUT2D eigenvalue weighted by Gasteiger charge is -2.09. The molecule has 0 radical (unpaired) electrons. The largest absolute Gasteiger partial charge is 0.416 e. The van der Waals surface area contributed by atoms with E-state index in [1.165, 1.54) is 29.7 Å². The van der Waals surface area contributed by atoms with Crippen molar-refractivity contribution in [2.24, 2.45) is 10.7 Å². The van der Waals surface area contributed by atoms with Crippen molar-refractivity contribution in [2.75, 3.05) is 5.32 Å². The predicted molar refractivity (Wildman–Crippen MR) is 88.9 cm³/mol. The first kappa shape index (κ1) is 16.4. The lowest BCUT2D eigenvalue weighted by molar-refractivity contribution is -0.137. The van der Waals surface area contributed by atoms with Crippen LogP contribution in [-0.4, -0.2) is 5.96 Å². The van der Waals surface area contributed by atoms with Crippen molar-refractivity contribution < 1.29 is 13.2 Å². The maximum Gasteiger partial charge on any atom is 0.416 e. The fraction of sp³-hybridized carbons (Fsp3) is 0.278. The summed E-state index contributed by atoms with van der Waals surface area (Å²) in [6.45, 7) is 0.224. The normalized spacial score (nSPS) is 14.5. The molecule has 6 heteroatoms. The Morgan fingerprint density at radius 1 is 1.04 bits per heavy atom. The van der Waals surface area contributed by atoms with Gasteiger partial charge in [0, 0.05) is 5.69 Å². The molecule has 0 heterocycles. The molecular formula is C18H18F3N3. The maximum atomic E-state index is 12.5. The first-order chi connectivity index (χ1) is 11.4. The number of benzene rings is 2. The molecule has 0 fully saturated rings. The van der Waals surface area contributed by atoms with E-state index in [4.69, 9.17) is 5.73 Å². The van der Waals surface area contributed by atoms with Gasteiger partial charge in [0.2, 0.25) is 0 Å². The third-order valence-electron chi connectivity index (χ3n) is 4.08. The van der Waals surface area contributed by atoms with E-state index in [2.05, 4.69) is 22.4 Å². The van der Waals surface area contributed by atoms with Crippen molar-refractivity contribution in [1.29, 1.82) is 0 Å². The highest BCUT2D eigenvalue weighted by Gasteiger charge is 2.29. The number of nitrogens with zero attached hydrogens (tertiary/aromatic N) is 1. The molecule has 0 aliphatic heterocycles. The zero-order valence-electron chi connectivity index (χ0n) is 13.0. The highest BCUT2D eigenvalue weighted by molar-refractivity contribution is 5.92. The minimum Gasteiger partial charge on any atom is -0.370 e. The zero-order valence-corrected chi connectivity index (χ0v) is 13.0. The van der Waals surface area contributed by atoms with Crippen LogP contribution in [-0.2, 0) is 25.6 Å². The molecule has 24 heavy (non-hydrogen) atoms. The van der Waals surface area contributed by atoms with Gasteiger partial charge in [0.05, 0.1) is 12.1 Å². The Balaban J connectivity index is 1.62. The molecule has 0 saturated carbocycles. The minimum atomic E-state index is -4.32. The molecule has 1 aliphatic rings. The molecule has 0 spiro atoms. The first-order valence-electron chi connectivity index (χ1n) is 7.77. The SMILES string of the molecule is NC(=NCc1ccc(C(F)(F)F)cc1)Nc1ccc2c(c1)CCC2. The Morgan fingerprint density at radius 2 is 1.75 bits per heavy atom. The summed E-state index contributed by atoms with van der Waals surface area (Å²) >= 11 is 0. The second-order valence-corrected chi connectivity index (χ2v) is 5.86. The van der Waals surface area contributed by atoms with E-state index in [0.29, 0.717) is 5.56 Å². The Hall–Kier alpha value is -2.50. The fourth-order valence-electron chi connectivity index (χ4n) is 2.81. The second kappa shape index (κ2) is 6.55. The third-order valence-corrected chi connectivity index (χ3v) is 4.08. The Kier molecular flexibility index (Phi) is 4.46. The first-order valence-corrected chi connectivity index (χ1v) is 7.77. The number of guanidine groups is 1. The van der Waals surface area contributed by atoms with E-state index in [9.17, 15) is 13.2 Å². The van der Waals surface area contributed by atoms with Gasteiger partial charge in [-0.05, 0) is 60.2 Å². The molecule has 0 atom stereocenters. The molecule has 0 aromatic heterocycles. The van der Waals surface area contributed by atoms with Gasteiger partial charge in [0.15, 0.2) is 5.96 Å². The summed E-state index contributed by atoms with van der Waals surface area (Å²) in [4.78, 5) is 4.18. The summed E-state index contributed by atoms with van der Waals surface area (Å²) in [5, 5.41) is 3.03. The van der Waals surface area contributed by atoms with Crippen LogP contribution in [0.2, 0.25) is 0 Å². The molecule has 1 aliphatic carbocycles. The summed E-state index contributed by atoms with van der Waals surface area (Å²) in [6.07, 6.45) is -0.952. The van der Waals surface area contributed by atoms with Crippen LogP contribution in [0.4, 0.5) is 18.9 Å². The quantitative estimate of drug-likeness (QED) is 0.656. The van der Waals surface area contributed by atoms with Crippen LogP contribution in [0.3, 0.4) is 0 Å². The Labute approximate surface area is 138 Å². The van der Waals surface area contributed by atoms with E-state index in [0.717, 1.165) is 30.7 Å². The van der Waals surface area contributed by atoms with Crippen LogP contribution >= 0.6 is 0 Å². The molecule has 3 nitrogen and oxygen atoms in total. The molecular weight excluding hydrogens is 315 g/mol. The monoisotopic (exact) mass is 333 g/mol. The third kappa shape index (κ3) is 3.88. The van der Waals surface area contributed by atoms with Crippen molar-refractivity contribution in [3.05, 3.63) is 64.7 Å². The number of hydrogen-bond donors (Lipinski definition) is 2. The summed E-state index contributed by atoms with van der Waals surface area (Å²) in [5.74, 6) is 0.243. The number of hydrogen-bond acceptors (Lipinski definition) is 1. The Morgan fingerprint density at radius 3 is 2.46 bits per heavy atom. The van der Waals surface area contributed by atoms with Gasteiger partial charge in [-0.25, -0.2) is 4.99 Å². The van der Waals surface area contributed by atoms with Gasteiger partial charge in [-0.1, -0.05) is 18.2 Å². The highest BCUT2D eigenvalue weighted by Crippen LogP contribution is 2.29. The van der Waals surface area contributed by atoms with Crippen molar-refractivity contribution in [2.45, 2.75) is 32.0 Å². The number of aliphatic imine (C=N–C) groups is 1. The van der Waals surface area contributed by atoms with Gasteiger partial charge < -0.3 is 11.1 Å². The van der Waals surface area contributed by atoms with Gasteiger partial charge in [0.25, 0.3) is 0 Å². The molecule has 3 rings (SSSR count). The summed E-state index contributed by atoms with van der Waals surface area (Å²) < 4.78 is 37.5. The number of rotatable bonds is 3. The number of alkyl halides is 3. The summed E-state index contributed by atoms with van der Waals surface area (Å²) in [6, 6.07) is 11.1. The minimum absolute atomic E-state index is 0.224. The van der Waals surface area contributed by atoms with Crippen molar-refractivity contribution in [1.82, 2.24) is 0 Å². The number of aryl methyl sites for hydroxylation is 2. The van der Waals surface area contributed by atoms with Crippen LogP contribution in [0, 0.1) is 0 Å². The van der Waals surface area contributed by atoms with Gasteiger partial charge >= 0.3 is 6.18 Å². The van der Waals surface area contributed by atoms with Crippen molar-refractivity contribution >= 4 is 11.6 Å². The van der Waals surface area contributed by atoms with Gasteiger partial charge in [-0.15, -0.1) is 0 Å². The average molecular weight is 333 g/mol. The number of nitrogens with two attached hydrogens (primary N) is 1. The number of fused-ring (bicyclic) bond motifs is 1. The van der Waals surface area contributed by atoms with E-state index in [1.54, 1.807) is 0 Å². The fourth-order valence-corrected chi connectivity index (χ4v) is 2.81. The molecule has 0 saturated heterocycles. The van der Waals surface area contributed by atoms with E-state index in [-0.39, 0.29) is 12.5 Å². The molecule has 2 aromatic rings. The van der Waals surface area contributed by atoms with E-state index in [1.807, 2.05) is 6.07 Å². The van der Waals surface area contributed by atoms with Gasteiger partial charge in [0.1, 0.15) is 0 Å². The van der Waals surface area contributed by atoms with Crippen molar-refractivity contribution in [3.8, 4) is 0 Å². The molecule has 0 unspecified atom stereocenters. The van der Waals surface area contributed by atoms with Gasteiger partial charge in [-0.3, -0.25) is 0 Å². The van der Waals surface area contributed by atoms with Gasteiger partial charge in [-0.2, -0.15) is 13.2 Å². The van der Waals surface area contributed by atoms with Crippen LogP contribution in [0.15, 0.2) is 47.5 Å². The van der Waals surface area contributed by atoms with E-state index < -0.39 is 11.7 Å². The molecule has 0 amide bonds. The standard InChI is InChI=1S/C18H18F3N3/c19-18(20,21)15-7-4-12(5-8-15)11-23-17(22)24-16-9-6-13-2-1-3-14(13)10-16/h4-10H,1-3,11H2,(H3,22,23,24). The lowest BCUT2D eigenvalue weighted by Crippen LogP contribution is -2.22. The topological polar surface area (TPSA) is 50.4 Å². The van der Waals surface area contributed by atoms with Crippen LogP contribution in [0.1, 0.15) is 28.7 Å². The second-order valence-electron chi connectivity index (χ2n) is 5.86. The predicted octanol–water partition coefficient (Wildman–Crippen LogP) is 4.12. The molecule has 3 N–H and O–H groups in total. The number of anilines is 1. The zero-order chi connectivity index (χ0) is 17.2. The smallest absolute Gasteiger partial charge is 0.370 e. The van der Waals surface area contributed by atoms with Crippen LogP contribution in [0.25, 0.3) is 0 Å². The van der Waals surface area contributed by atoms with Crippen molar-refractivity contribution in [3.63, 3.8) is 0 Å². The molecule has 126 valence electrons. The number of nitrogens with one attached hydrogen (secondary N) is 1. The number of halogens is 3. The highest BCUT2D eigenvalue weighted by atomic mass is 19.4. The lowest BCUT2D eigenvalue weighted by atomic mass is 10.1. The molecule has 0 bridgehead atoms. The maximum absolute atomic E-state index is 12.5. The summed E-state index contributed by atoms with van der Waals surface area (Å²) in [7, 11) is 0. The van der Waals surface area contributed by atoms with Crippen LogP contribution < -0.4 is 11.1 Å².